The Kier molecular flexibility index (Phi) is 5.56. The van der Waals surface area contributed by atoms with Gasteiger partial charge in [-0.25, -0.2) is 9.18 Å². The van der Waals surface area contributed by atoms with Crippen LogP contribution in [-0.4, -0.2) is 24.4 Å². The Morgan fingerprint density at radius 1 is 1.53 bits per heavy atom. The van der Waals surface area contributed by atoms with Crippen LogP contribution in [0.3, 0.4) is 0 Å². The summed E-state index contributed by atoms with van der Waals surface area (Å²) in [6.45, 7) is 1.81. The smallest absolute Gasteiger partial charge is 0.344 e. The monoisotopic (exact) mass is 241 g/mol. The summed E-state index contributed by atoms with van der Waals surface area (Å²) >= 11 is 0. The molecule has 17 heavy (non-hydrogen) atoms. The first-order chi connectivity index (χ1) is 8.19. The molecule has 1 rings (SSSR count). The van der Waals surface area contributed by atoms with Gasteiger partial charge in [0.2, 0.25) is 6.36 Å². The van der Waals surface area contributed by atoms with Gasteiger partial charge < -0.3 is 9.47 Å². The van der Waals surface area contributed by atoms with E-state index in [2.05, 4.69) is 9.72 Å². The van der Waals surface area contributed by atoms with E-state index in [9.17, 15) is 9.18 Å². The standard InChI is InChI=1S/C12H16FNO3/c1-3-6-10(13)17-12(15)11(16-2)9-7-4-5-8-14-9/h4-5,7-8,10-11H,3,6H2,1-2H3. The summed E-state index contributed by atoms with van der Waals surface area (Å²) in [7, 11) is 1.35. The number of hydrogen-bond acceptors (Lipinski definition) is 4. The summed E-state index contributed by atoms with van der Waals surface area (Å²) in [5.41, 5.74) is 0.406. The van der Waals surface area contributed by atoms with Gasteiger partial charge in [0.25, 0.3) is 0 Å². The van der Waals surface area contributed by atoms with Gasteiger partial charge >= 0.3 is 5.97 Å². The van der Waals surface area contributed by atoms with E-state index in [1.807, 2.05) is 6.92 Å². The van der Waals surface area contributed by atoms with Crippen LogP contribution in [0.25, 0.3) is 0 Å². The average molecular weight is 241 g/mol. The number of rotatable bonds is 6. The maximum absolute atomic E-state index is 13.1. The number of hydrogen-bond donors (Lipinski definition) is 0. The number of carbonyl (C=O) groups excluding carboxylic acids is 1. The molecule has 5 heteroatoms. The SMILES string of the molecule is CCCC(F)OC(=O)C(OC)c1ccccn1. The number of carbonyl (C=O) groups is 1. The third-order valence-electron chi connectivity index (χ3n) is 2.17. The summed E-state index contributed by atoms with van der Waals surface area (Å²) < 4.78 is 22.7. The molecular formula is C12H16FNO3. The lowest BCUT2D eigenvalue weighted by atomic mass is 10.2. The second-order valence-corrected chi connectivity index (χ2v) is 3.51. The van der Waals surface area contributed by atoms with E-state index in [1.54, 1.807) is 18.2 Å². The Hall–Kier alpha value is -1.49. The van der Waals surface area contributed by atoms with E-state index in [-0.39, 0.29) is 6.42 Å². The largest absolute Gasteiger partial charge is 0.429 e. The number of methoxy groups -OCH3 is 1. The third kappa shape index (κ3) is 4.11. The van der Waals surface area contributed by atoms with Crippen molar-refractivity contribution in [1.82, 2.24) is 4.98 Å². The van der Waals surface area contributed by atoms with Crippen molar-refractivity contribution in [3.05, 3.63) is 30.1 Å². The highest BCUT2D eigenvalue weighted by Gasteiger charge is 2.25. The molecule has 0 N–H and O–H groups in total. The predicted molar refractivity (Wildman–Crippen MR) is 59.9 cm³/mol. The molecule has 94 valence electrons. The highest BCUT2D eigenvalue weighted by atomic mass is 19.1. The molecule has 0 spiro atoms. The van der Waals surface area contributed by atoms with Crippen LogP contribution in [0.5, 0.6) is 0 Å². The Labute approximate surface area is 99.8 Å². The molecule has 0 radical (unpaired) electrons. The minimum Gasteiger partial charge on any atom is -0.429 e. The van der Waals surface area contributed by atoms with Gasteiger partial charge in [0.1, 0.15) is 0 Å². The highest BCUT2D eigenvalue weighted by Crippen LogP contribution is 2.17. The van der Waals surface area contributed by atoms with Crippen LogP contribution in [0.2, 0.25) is 0 Å². The Morgan fingerprint density at radius 2 is 2.29 bits per heavy atom. The molecule has 0 fully saturated rings. The predicted octanol–water partition coefficient (Wildman–Crippen LogP) is 2.41. The number of nitrogens with zero attached hydrogens (tertiary/aromatic N) is 1. The van der Waals surface area contributed by atoms with Crippen molar-refractivity contribution in [1.29, 1.82) is 0 Å². The van der Waals surface area contributed by atoms with Crippen LogP contribution < -0.4 is 0 Å². The third-order valence-corrected chi connectivity index (χ3v) is 2.17. The molecule has 0 aliphatic rings. The van der Waals surface area contributed by atoms with Crippen LogP contribution in [0, 0.1) is 0 Å². The van der Waals surface area contributed by atoms with Crippen molar-refractivity contribution >= 4 is 5.97 Å². The molecule has 1 aromatic rings. The second-order valence-electron chi connectivity index (χ2n) is 3.51. The second kappa shape index (κ2) is 6.96. The molecular weight excluding hydrogens is 225 g/mol. The van der Waals surface area contributed by atoms with Crippen LogP contribution in [-0.2, 0) is 14.3 Å². The molecule has 0 aliphatic carbocycles. The van der Waals surface area contributed by atoms with Gasteiger partial charge in [0.05, 0.1) is 5.69 Å². The van der Waals surface area contributed by atoms with Crippen LogP contribution in [0.1, 0.15) is 31.6 Å². The molecule has 1 heterocycles. The van der Waals surface area contributed by atoms with E-state index in [4.69, 9.17) is 4.74 Å². The van der Waals surface area contributed by atoms with Gasteiger partial charge in [-0.05, 0) is 18.6 Å². The van der Waals surface area contributed by atoms with Crippen molar-refractivity contribution in [2.45, 2.75) is 32.2 Å². The van der Waals surface area contributed by atoms with Gasteiger partial charge in [0, 0.05) is 19.7 Å². The van der Waals surface area contributed by atoms with Crippen molar-refractivity contribution in [3.63, 3.8) is 0 Å². The molecule has 0 bridgehead atoms. The van der Waals surface area contributed by atoms with Gasteiger partial charge in [-0.2, -0.15) is 0 Å². The number of esters is 1. The summed E-state index contributed by atoms with van der Waals surface area (Å²) in [6.07, 6.45) is -0.242. The summed E-state index contributed by atoms with van der Waals surface area (Å²) in [6, 6.07) is 5.07. The Bertz CT molecular complexity index is 345. The zero-order valence-corrected chi connectivity index (χ0v) is 9.93. The lowest BCUT2D eigenvalue weighted by Crippen LogP contribution is -2.22. The minimum atomic E-state index is -1.59. The first-order valence-electron chi connectivity index (χ1n) is 5.47. The van der Waals surface area contributed by atoms with Crippen LogP contribution in [0.4, 0.5) is 4.39 Å². The fraction of sp³-hybridized carbons (Fsp3) is 0.500. The molecule has 1 aromatic heterocycles. The summed E-state index contributed by atoms with van der Waals surface area (Å²) in [4.78, 5) is 15.6. The lowest BCUT2D eigenvalue weighted by molar-refractivity contribution is -0.171. The van der Waals surface area contributed by atoms with Crippen molar-refractivity contribution in [2.24, 2.45) is 0 Å². The Morgan fingerprint density at radius 3 is 2.82 bits per heavy atom. The molecule has 0 saturated carbocycles. The van der Waals surface area contributed by atoms with Gasteiger partial charge in [-0.15, -0.1) is 0 Å². The zero-order chi connectivity index (χ0) is 12.7. The van der Waals surface area contributed by atoms with Gasteiger partial charge in [0.15, 0.2) is 6.10 Å². The first-order valence-corrected chi connectivity index (χ1v) is 5.47. The van der Waals surface area contributed by atoms with Crippen molar-refractivity contribution < 1.29 is 18.7 Å². The maximum Gasteiger partial charge on any atom is 0.344 e. The van der Waals surface area contributed by atoms with Crippen LogP contribution >= 0.6 is 0 Å². The number of halogens is 1. The lowest BCUT2D eigenvalue weighted by Gasteiger charge is -2.15. The molecule has 0 saturated heterocycles. The topological polar surface area (TPSA) is 48.4 Å². The van der Waals surface area contributed by atoms with E-state index in [1.165, 1.54) is 13.3 Å². The number of pyridine rings is 1. The normalized spacial score (nSPS) is 14.1. The minimum absolute atomic E-state index is 0.185. The molecule has 2 unspecified atom stereocenters. The maximum atomic E-state index is 13.1. The van der Waals surface area contributed by atoms with E-state index in [0.29, 0.717) is 12.1 Å². The Balaban J connectivity index is 2.65. The molecule has 0 aliphatic heterocycles. The zero-order valence-electron chi connectivity index (χ0n) is 9.93. The molecule has 4 nitrogen and oxygen atoms in total. The fourth-order valence-electron chi connectivity index (χ4n) is 1.34. The van der Waals surface area contributed by atoms with Crippen LogP contribution in [0.15, 0.2) is 24.4 Å². The van der Waals surface area contributed by atoms with Crippen molar-refractivity contribution in [2.75, 3.05) is 7.11 Å². The highest BCUT2D eigenvalue weighted by molar-refractivity contribution is 5.76. The van der Waals surface area contributed by atoms with E-state index < -0.39 is 18.4 Å². The van der Waals surface area contributed by atoms with Gasteiger partial charge in [-0.1, -0.05) is 13.0 Å². The first kappa shape index (κ1) is 13.6. The van der Waals surface area contributed by atoms with Crippen molar-refractivity contribution in [3.8, 4) is 0 Å². The molecule has 0 aromatic carbocycles. The van der Waals surface area contributed by atoms with Gasteiger partial charge in [-0.3, -0.25) is 4.98 Å². The quantitative estimate of drug-likeness (QED) is 0.717. The molecule has 0 amide bonds. The van der Waals surface area contributed by atoms with E-state index >= 15 is 0 Å². The van der Waals surface area contributed by atoms with E-state index in [0.717, 1.165) is 0 Å². The fourth-order valence-corrected chi connectivity index (χ4v) is 1.34. The molecule has 2 atom stereocenters. The number of aromatic nitrogens is 1. The summed E-state index contributed by atoms with van der Waals surface area (Å²) in [5, 5.41) is 0. The average Bonchev–Trinajstić information content (AvgIpc) is 2.31. The summed E-state index contributed by atoms with van der Waals surface area (Å²) in [5.74, 6) is -0.757. The number of alkyl halides is 1. The number of ether oxygens (including phenoxy) is 2.